The molecule has 1 N–H and O–H groups in total. The summed E-state index contributed by atoms with van der Waals surface area (Å²) in [5, 5.41) is 2.98. The number of piperidine rings is 1. The van der Waals surface area contributed by atoms with Gasteiger partial charge in [-0.15, -0.1) is 0 Å². The van der Waals surface area contributed by atoms with E-state index in [4.69, 9.17) is 0 Å². The van der Waals surface area contributed by atoms with Gasteiger partial charge in [0.25, 0.3) is 5.91 Å². The molecule has 1 aromatic carbocycles. The van der Waals surface area contributed by atoms with Gasteiger partial charge in [0, 0.05) is 43.3 Å². The molecule has 1 fully saturated rings. The fraction of sp³-hybridized carbons (Fsp3) is 0.353. The molecule has 1 aromatic heterocycles. The SMILES string of the molecule is CS(=O)(=O)c1cccc(C(=O)NC2CCN(c3ncccn3)CC2)c1. The maximum absolute atomic E-state index is 12.4. The number of aromatic nitrogens is 2. The van der Waals surface area contributed by atoms with Gasteiger partial charge in [-0.05, 0) is 37.1 Å². The normalized spacial score (nSPS) is 15.8. The molecule has 1 aliphatic rings. The molecule has 3 rings (SSSR count). The second-order valence-corrected chi connectivity index (χ2v) is 8.10. The summed E-state index contributed by atoms with van der Waals surface area (Å²) in [6.07, 6.45) is 6.13. The summed E-state index contributed by atoms with van der Waals surface area (Å²) >= 11 is 0. The highest BCUT2D eigenvalue weighted by Gasteiger charge is 2.22. The molecule has 0 spiro atoms. The topological polar surface area (TPSA) is 92.3 Å². The van der Waals surface area contributed by atoms with Gasteiger partial charge in [-0.3, -0.25) is 4.79 Å². The van der Waals surface area contributed by atoms with Crippen LogP contribution in [0, 0.1) is 0 Å². The molecular weight excluding hydrogens is 340 g/mol. The zero-order chi connectivity index (χ0) is 17.9. The van der Waals surface area contributed by atoms with E-state index >= 15 is 0 Å². The van der Waals surface area contributed by atoms with E-state index in [0.29, 0.717) is 11.5 Å². The molecule has 0 saturated carbocycles. The van der Waals surface area contributed by atoms with Crippen LogP contribution < -0.4 is 10.2 Å². The molecule has 2 heterocycles. The summed E-state index contributed by atoms with van der Waals surface area (Å²) in [5.74, 6) is 0.452. The lowest BCUT2D eigenvalue weighted by Crippen LogP contribution is -2.45. The van der Waals surface area contributed by atoms with Crippen molar-refractivity contribution in [1.29, 1.82) is 0 Å². The van der Waals surface area contributed by atoms with Crippen molar-refractivity contribution in [3.05, 3.63) is 48.3 Å². The first-order valence-electron chi connectivity index (χ1n) is 8.06. The first-order valence-corrected chi connectivity index (χ1v) is 9.95. The van der Waals surface area contributed by atoms with Gasteiger partial charge in [0.15, 0.2) is 9.84 Å². The lowest BCUT2D eigenvalue weighted by atomic mass is 10.0. The Kier molecular flexibility index (Phi) is 4.98. The minimum atomic E-state index is -3.33. The first kappa shape index (κ1) is 17.3. The Morgan fingerprint density at radius 3 is 2.48 bits per heavy atom. The number of carbonyl (C=O) groups excluding carboxylic acids is 1. The number of benzene rings is 1. The molecule has 0 atom stereocenters. The van der Waals surface area contributed by atoms with Crippen LogP contribution in [0.4, 0.5) is 5.95 Å². The van der Waals surface area contributed by atoms with Gasteiger partial charge in [-0.2, -0.15) is 0 Å². The van der Waals surface area contributed by atoms with E-state index in [1.165, 1.54) is 12.1 Å². The third-order valence-corrected chi connectivity index (χ3v) is 5.30. The van der Waals surface area contributed by atoms with Crippen molar-refractivity contribution in [2.24, 2.45) is 0 Å². The lowest BCUT2D eigenvalue weighted by Gasteiger charge is -2.32. The Bertz CT molecular complexity index is 847. The molecule has 0 bridgehead atoms. The third-order valence-electron chi connectivity index (χ3n) is 4.19. The quantitative estimate of drug-likeness (QED) is 0.883. The van der Waals surface area contributed by atoms with Crippen LogP contribution in [-0.2, 0) is 9.84 Å². The van der Waals surface area contributed by atoms with Crippen molar-refractivity contribution in [2.45, 2.75) is 23.8 Å². The van der Waals surface area contributed by atoms with Crippen molar-refractivity contribution in [2.75, 3.05) is 24.2 Å². The third kappa shape index (κ3) is 4.33. The molecule has 25 heavy (non-hydrogen) atoms. The van der Waals surface area contributed by atoms with Gasteiger partial charge >= 0.3 is 0 Å². The number of amides is 1. The Labute approximate surface area is 147 Å². The molecular formula is C17H20N4O3S. The zero-order valence-electron chi connectivity index (χ0n) is 13.9. The number of rotatable bonds is 4. The fourth-order valence-electron chi connectivity index (χ4n) is 2.82. The second-order valence-electron chi connectivity index (χ2n) is 6.08. The number of nitrogens with zero attached hydrogens (tertiary/aromatic N) is 3. The fourth-order valence-corrected chi connectivity index (χ4v) is 3.48. The molecule has 1 aliphatic heterocycles. The van der Waals surface area contributed by atoms with E-state index in [0.717, 1.165) is 32.2 Å². The van der Waals surface area contributed by atoms with Gasteiger partial charge in [0.2, 0.25) is 5.95 Å². The summed E-state index contributed by atoms with van der Waals surface area (Å²) in [4.78, 5) is 23.1. The van der Waals surface area contributed by atoms with Gasteiger partial charge in [-0.1, -0.05) is 6.07 Å². The Morgan fingerprint density at radius 1 is 1.16 bits per heavy atom. The van der Waals surface area contributed by atoms with Crippen LogP contribution >= 0.6 is 0 Å². The highest BCUT2D eigenvalue weighted by molar-refractivity contribution is 7.90. The molecule has 132 valence electrons. The molecule has 0 aliphatic carbocycles. The van der Waals surface area contributed by atoms with Gasteiger partial charge in [0.05, 0.1) is 4.90 Å². The Balaban J connectivity index is 1.60. The van der Waals surface area contributed by atoms with Gasteiger partial charge in [-0.25, -0.2) is 18.4 Å². The van der Waals surface area contributed by atoms with E-state index in [9.17, 15) is 13.2 Å². The summed E-state index contributed by atoms with van der Waals surface area (Å²) in [6.45, 7) is 1.52. The summed E-state index contributed by atoms with van der Waals surface area (Å²) in [7, 11) is -3.33. The van der Waals surface area contributed by atoms with E-state index in [-0.39, 0.29) is 16.8 Å². The zero-order valence-corrected chi connectivity index (χ0v) is 14.7. The van der Waals surface area contributed by atoms with Gasteiger partial charge < -0.3 is 10.2 Å². The monoisotopic (exact) mass is 360 g/mol. The van der Waals surface area contributed by atoms with Crippen LogP contribution in [0.25, 0.3) is 0 Å². The predicted octanol–water partition coefficient (Wildman–Crippen LogP) is 1.28. The number of anilines is 1. The van der Waals surface area contributed by atoms with Crippen LogP contribution in [0.15, 0.2) is 47.6 Å². The van der Waals surface area contributed by atoms with Crippen molar-refractivity contribution < 1.29 is 13.2 Å². The standard InChI is InChI=1S/C17H20N4O3S/c1-25(23,24)15-5-2-4-13(12-15)16(22)20-14-6-10-21(11-7-14)17-18-8-3-9-19-17/h2-5,8-9,12,14H,6-7,10-11H2,1H3,(H,20,22). The van der Waals surface area contributed by atoms with E-state index in [2.05, 4.69) is 20.2 Å². The number of nitrogens with one attached hydrogen (secondary N) is 1. The molecule has 1 saturated heterocycles. The summed E-state index contributed by atoms with van der Waals surface area (Å²) in [5.41, 5.74) is 0.358. The second kappa shape index (κ2) is 7.18. The average Bonchev–Trinajstić information content (AvgIpc) is 2.62. The van der Waals surface area contributed by atoms with Crippen molar-refractivity contribution in [1.82, 2.24) is 15.3 Å². The Hall–Kier alpha value is -2.48. The van der Waals surface area contributed by atoms with Crippen LogP contribution in [-0.4, -0.2) is 49.7 Å². The van der Waals surface area contributed by atoms with Crippen molar-refractivity contribution >= 4 is 21.7 Å². The maximum atomic E-state index is 12.4. The van der Waals surface area contributed by atoms with Crippen LogP contribution in [0.3, 0.4) is 0 Å². The van der Waals surface area contributed by atoms with E-state index in [1.54, 1.807) is 30.6 Å². The molecule has 1 amide bonds. The summed E-state index contributed by atoms with van der Waals surface area (Å²) < 4.78 is 23.2. The number of hydrogen-bond acceptors (Lipinski definition) is 6. The molecule has 8 heteroatoms. The van der Waals surface area contributed by atoms with Crippen LogP contribution in [0.2, 0.25) is 0 Å². The van der Waals surface area contributed by atoms with Gasteiger partial charge in [0.1, 0.15) is 0 Å². The molecule has 0 radical (unpaired) electrons. The minimum Gasteiger partial charge on any atom is -0.349 e. The van der Waals surface area contributed by atoms with Crippen LogP contribution in [0.5, 0.6) is 0 Å². The van der Waals surface area contributed by atoms with Crippen molar-refractivity contribution in [3.63, 3.8) is 0 Å². The molecule has 7 nitrogen and oxygen atoms in total. The maximum Gasteiger partial charge on any atom is 0.251 e. The lowest BCUT2D eigenvalue weighted by molar-refractivity contribution is 0.0931. The number of sulfone groups is 1. The highest BCUT2D eigenvalue weighted by Crippen LogP contribution is 2.16. The average molecular weight is 360 g/mol. The minimum absolute atomic E-state index is 0.0503. The highest BCUT2D eigenvalue weighted by atomic mass is 32.2. The first-order chi connectivity index (χ1) is 11.9. The van der Waals surface area contributed by atoms with Crippen LogP contribution in [0.1, 0.15) is 23.2 Å². The predicted molar refractivity (Wildman–Crippen MR) is 94.3 cm³/mol. The van der Waals surface area contributed by atoms with E-state index in [1.807, 2.05) is 0 Å². The Morgan fingerprint density at radius 2 is 1.84 bits per heavy atom. The van der Waals surface area contributed by atoms with Crippen molar-refractivity contribution in [3.8, 4) is 0 Å². The molecule has 2 aromatic rings. The summed E-state index contributed by atoms with van der Waals surface area (Å²) in [6, 6.07) is 7.94. The molecule has 0 unspecified atom stereocenters. The largest absolute Gasteiger partial charge is 0.349 e. The van der Waals surface area contributed by atoms with E-state index < -0.39 is 9.84 Å². The smallest absolute Gasteiger partial charge is 0.251 e. The number of hydrogen-bond donors (Lipinski definition) is 1. The number of carbonyl (C=O) groups is 1.